The van der Waals surface area contributed by atoms with Crippen LogP contribution in [0.1, 0.15) is 18.0 Å². The van der Waals surface area contributed by atoms with Crippen molar-refractivity contribution in [2.75, 3.05) is 13.6 Å². The van der Waals surface area contributed by atoms with Crippen molar-refractivity contribution in [3.63, 3.8) is 0 Å². The van der Waals surface area contributed by atoms with Crippen molar-refractivity contribution < 1.29 is 4.79 Å². The normalized spacial score (nSPS) is 26.7. The van der Waals surface area contributed by atoms with Crippen LogP contribution in [0.15, 0.2) is 24.5 Å². The third kappa shape index (κ3) is 1.85. The van der Waals surface area contributed by atoms with E-state index >= 15 is 0 Å². The Morgan fingerprint density at radius 1 is 1.67 bits per heavy atom. The van der Waals surface area contributed by atoms with E-state index in [-0.39, 0.29) is 17.9 Å². The van der Waals surface area contributed by atoms with Crippen molar-refractivity contribution in [2.24, 2.45) is 11.7 Å². The summed E-state index contributed by atoms with van der Waals surface area (Å²) in [6.45, 7) is 0.910. The Morgan fingerprint density at radius 2 is 2.47 bits per heavy atom. The van der Waals surface area contributed by atoms with E-state index in [0.717, 1.165) is 18.5 Å². The Kier molecular flexibility index (Phi) is 2.68. The summed E-state index contributed by atoms with van der Waals surface area (Å²) < 4.78 is 0. The van der Waals surface area contributed by atoms with E-state index in [1.54, 1.807) is 6.20 Å². The first-order chi connectivity index (χ1) is 7.20. The Labute approximate surface area is 89.1 Å². The molecular formula is C11H15N3O. The van der Waals surface area contributed by atoms with Crippen LogP contribution in [0.4, 0.5) is 0 Å². The molecule has 1 aliphatic heterocycles. The van der Waals surface area contributed by atoms with Crippen LogP contribution in [-0.4, -0.2) is 29.4 Å². The highest BCUT2D eigenvalue weighted by atomic mass is 16.1. The van der Waals surface area contributed by atoms with Crippen LogP contribution in [0.5, 0.6) is 0 Å². The van der Waals surface area contributed by atoms with Gasteiger partial charge in [0.05, 0.1) is 5.92 Å². The van der Waals surface area contributed by atoms with Crippen LogP contribution in [0.2, 0.25) is 0 Å². The molecule has 2 rings (SSSR count). The fourth-order valence-corrected chi connectivity index (χ4v) is 2.28. The zero-order chi connectivity index (χ0) is 10.8. The monoisotopic (exact) mass is 205 g/mol. The van der Waals surface area contributed by atoms with Gasteiger partial charge in [0, 0.05) is 18.4 Å². The van der Waals surface area contributed by atoms with Gasteiger partial charge in [0.1, 0.15) is 0 Å². The maximum absolute atomic E-state index is 11.3. The van der Waals surface area contributed by atoms with Crippen molar-refractivity contribution in [2.45, 2.75) is 12.5 Å². The summed E-state index contributed by atoms with van der Waals surface area (Å²) in [5.41, 5.74) is 6.47. The van der Waals surface area contributed by atoms with Gasteiger partial charge in [-0.3, -0.25) is 14.7 Å². The van der Waals surface area contributed by atoms with Gasteiger partial charge in [-0.1, -0.05) is 6.07 Å². The van der Waals surface area contributed by atoms with Gasteiger partial charge in [-0.05, 0) is 31.6 Å². The number of carbonyl (C=O) groups is 1. The molecule has 1 saturated heterocycles. The topological polar surface area (TPSA) is 59.2 Å². The number of amides is 1. The molecule has 2 atom stereocenters. The number of hydrogen-bond acceptors (Lipinski definition) is 3. The molecule has 0 aliphatic carbocycles. The molecule has 1 fully saturated rings. The van der Waals surface area contributed by atoms with Gasteiger partial charge in [-0.25, -0.2) is 0 Å². The predicted molar refractivity (Wildman–Crippen MR) is 56.9 cm³/mol. The number of aromatic nitrogens is 1. The molecule has 0 saturated carbocycles. The maximum atomic E-state index is 11.3. The van der Waals surface area contributed by atoms with Crippen LogP contribution < -0.4 is 5.73 Å². The van der Waals surface area contributed by atoms with Crippen LogP contribution in [0, 0.1) is 5.92 Å². The third-order valence-electron chi connectivity index (χ3n) is 3.04. The van der Waals surface area contributed by atoms with Gasteiger partial charge >= 0.3 is 0 Å². The highest BCUT2D eigenvalue weighted by Gasteiger charge is 2.36. The molecular weight excluding hydrogens is 190 g/mol. The first-order valence-electron chi connectivity index (χ1n) is 5.09. The molecule has 0 bridgehead atoms. The number of carbonyl (C=O) groups excluding carboxylic acids is 1. The number of primary amides is 1. The number of hydrogen-bond donors (Lipinski definition) is 1. The van der Waals surface area contributed by atoms with Crippen LogP contribution in [0.3, 0.4) is 0 Å². The Balaban J connectivity index is 2.29. The zero-order valence-electron chi connectivity index (χ0n) is 8.76. The van der Waals surface area contributed by atoms with Crippen molar-refractivity contribution in [1.29, 1.82) is 0 Å². The third-order valence-corrected chi connectivity index (χ3v) is 3.04. The van der Waals surface area contributed by atoms with Gasteiger partial charge in [-0.15, -0.1) is 0 Å². The van der Waals surface area contributed by atoms with Crippen molar-refractivity contribution in [3.8, 4) is 0 Å². The Morgan fingerprint density at radius 3 is 3.07 bits per heavy atom. The van der Waals surface area contributed by atoms with Gasteiger partial charge < -0.3 is 5.73 Å². The van der Waals surface area contributed by atoms with Crippen molar-refractivity contribution >= 4 is 5.91 Å². The molecule has 2 unspecified atom stereocenters. The lowest BCUT2D eigenvalue weighted by molar-refractivity contribution is -0.122. The average molecular weight is 205 g/mol. The quantitative estimate of drug-likeness (QED) is 0.767. The smallest absolute Gasteiger partial charge is 0.222 e. The van der Waals surface area contributed by atoms with E-state index < -0.39 is 0 Å². The van der Waals surface area contributed by atoms with Gasteiger partial charge in [-0.2, -0.15) is 0 Å². The van der Waals surface area contributed by atoms with Crippen LogP contribution >= 0.6 is 0 Å². The second kappa shape index (κ2) is 3.98. The van der Waals surface area contributed by atoms with E-state index in [9.17, 15) is 4.79 Å². The summed E-state index contributed by atoms with van der Waals surface area (Å²) in [7, 11) is 2.01. The lowest BCUT2D eigenvalue weighted by atomic mass is 9.94. The average Bonchev–Trinajstić information content (AvgIpc) is 2.61. The fourth-order valence-electron chi connectivity index (χ4n) is 2.28. The van der Waals surface area contributed by atoms with E-state index in [1.807, 2.05) is 25.4 Å². The van der Waals surface area contributed by atoms with Gasteiger partial charge in [0.25, 0.3) is 0 Å². The molecule has 4 nitrogen and oxygen atoms in total. The first-order valence-corrected chi connectivity index (χ1v) is 5.09. The first kappa shape index (κ1) is 10.1. The Bertz CT molecular complexity index is 352. The summed E-state index contributed by atoms with van der Waals surface area (Å²) in [6, 6.07) is 3.98. The van der Waals surface area contributed by atoms with Crippen molar-refractivity contribution in [1.82, 2.24) is 9.88 Å². The molecule has 0 aromatic carbocycles. The number of pyridine rings is 1. The van der Waals surface area contributed by atoms with E-state index in [4.69, 9.17) is 5.73 Å². The van der Waals surface area contributed by atoms with E-state index in [0.29, 0.717) is 0 Å². The summed E-state index contributed by atoms with van der Waals surface area (Å²) in [5, 5.41) is 0. The Hall–Kier alpha value is -1.42. The minimum atomic E-state index is -0.215. The van der Waals surface area contributed by atoms with Crippen molar-refractivity contribution in [3.05, 3.63) is 30.1 Å². The fraction of sp³-hybridized carbons (Fsp3) is 0.455. The lowest BCUT2D eigenvalue weighted by Crippen LogP contribution is -2.29. The van der Waals surface area contributed by atoms with Crippen LogP contribution in [-0.2, 0) is 4.79 Å². The predicted octanol–water partition coefficient (Wildman–Crippen LogP) is 0.560. The second-order valence-corrected chi connectivity index (χ2v) is 4.01. The highest BCUT2D eigenvalue weighted by molar-refractivity contribution is 5.78. The van der Waals surface area contributed by atoms with Gasteiger partial charge in [0.2, 0.25) is 5.91 Å². The summed E-state index contributed by atoms with van der Waals surface area (Å²) >= 11 is 0. The minimum Gasteiger partial charge on any atom is -0.369 e. The number of likely N-dealkylation sites (tertiary alicyclic amines) is 1. The molecule has 2 heterocycles. The molecule has 0 spiro atoms. The second-order valence-electron chi connectivity index (χ2n) is 4.01. The largest absolute Gasteiger partial charge is 0.369 e. The minimum absolute atomic E-state index is 0.0841. The molecule has 15 heavy (non-hydrogen) atoms. The molecule has 1 aliphatic rings. The molecule has 4 heteroatoms. The van der Waals surface area contributed by atoms with Crippen LogP contribution in [0.25, 0.3) is 0 Å². The summed E-state index contributed by atoms with van der Waals surface area (Å²) in [4.78, 5) is 17.5. The molecule has 1 aromatic heterocycles. The summed E-state index contributed by atoms with van der Waals surface area (Å²) in [5.74, 6) is -0.299. The maximum Gasteiger partial charge on any atom is 0.222 e. The zero-order valence-corrected chi connectivity index (χ0v) is 8.76. The van der Waals surface area contributed by atoms with Gasteiger partial charge in [0.15, 0.2) is 0 Å². The lowest BCUT2D eigenvalue weighted by Gasteiger charge is -2.23. The molecule has 2 N–H and O–H groups in total. The SMILES string of the molecule is CN1CCC(C(N)=O)C1c1cccnc1. The molecule has 0 radical (unpaired) electrons. The molecule has 1 amide bonds. The number of nitrogens with zero attached hydrogens (tertiary/aromatic N) is 2. The highest BCUT2D eigenvalue weighted by Crippen LogP contribution is 2.35. The number of nitrogens with two attached hydrogens (primary N) is 1. The molecule has 80 valence electrons. The standard InChI is InChI=1S/C11H15N3O/c1-14-6-4-9(11(12)15)10(14)8-3-2-5-13-7-8/h2-3,5,7,9-10H,4,6H2,1H3,(H2,12,15). The number of rotatable bonds is 2. The van der Waals surface area contributed by atoms with E-state index in [2.05, 4.69) is 9.88 Å². The summed E-state index contributed by atoms with van der Waals surface area (Å²) in [6.07, 6.45) is 4.38. The van der Waals surface area contributed by atoms with E-state index in [1.165, 1.54) is 0 Å². The molecule has 1 aromatic rings.